The summed E-state index contributed by atoms with van der Waals surface area (Å²) in [4.78, 5) is 34.0. The van der Waals surface area contributed by atoms with Gasteiger partial charge in [-0.2, -0.15) is 0 Å². The highest BCUT2D eigenvalue weighted by Crippen LogP contribution is 2.37. The largest absolute Gasteiger partial charge is 0.293 e. The number of Topliss-reactive ketones (excluding diaryl/α,β-unsaturated/α-hetero) is 1. The van der Waals surface area contributed by atoms with Gasteiger partial charge < -0.3 is 0 Å². The molecule has 0 saturated heterocycles. The number of thiophene rings is 2. The average Bonchev–Trinajstić information content (AvgIpc) is 3.41. The van der Waals surface area contributed by atoms with Gasteiger partial charge in [-0.3, -0.25) is 14.2 Å². The Bertz CT molecular complexity index is 1680. The molecular weight excluding hydrogens is 539 g/mol. The Labute approximate surface area is 223 Å². The molecule has 0 saturated carbocycles. The van der Waals surface area contributed by atoms with Gasteiger partial charge >= 0.3 is 0 Å². The quantitative estimate of drug-likeness (QED) is 0.126. The highest BCUT2D eigenvalue weighted by molar-refractivity contribution is 7.99. The number of halogens is 2. The number of carbonyl (C=O) groups excluding carboxylic acids is 1. The molecule has 0 radical (unpaired) electrons. The number of hydrogen-bond donors (Lipinski definition) is 0. The van der Waals surface area contributed by atoms with Gasteiger partial charge in [-0.1, -0.05) is 71.4 Å². The van der Waals surface area contributed by atoms with Crippen molar-refractivity contribution in [2.45, 2.75) is 30.8 Å². The summed E-state index contributed by atoms with van der Waals surface area (Å²) in [5.74, 6) is -0.0481. The zero-order valence-corrected chi connectivity index (χ0v) is 22.3. The van der Waals surface area contributed by atoms with Crippen molar-refractivity contribution in [1.29, 1.82) is 0 Å². The number of hydrogen-bond acceptors (Lipinski definition) is 6. The maximum absolute atomic E-state index is 14.1. The van der Waals surface area contributed by atoms with Crippen LogP contribution in [0.1, 0.15) is 33.6 Å². The first-order chi connectivity index (χ1) is 17.0. The number of nitrogens with zero attached hydrogens (tertiary/aromatic N) is 2. The summed E-state index contributed by atoms with van der Waals surface area (Å²) in [5, 5.41) is 3.23. The Balaban J connectivity index is 1.53. The van der Waals surface area contributed by atoms with Crippen molar-refractivity contribution in [3.8, 4) is 5.69 Å². The second-order valence-corrected chi connectivity index (χ2v) is 12.7. The molecule has 5 aromatic rings. The van der Waals surface area contributed by atoms with Crippen LogP contribution in [0.3, 0.4) is 0 Å². The van der Waals surface area contributed by atoms with E-state index < -0.39 is 0 Å². The van der Waals surface area contributed by atoms with Crippen LogP contribution in [-0.2, 0) is 12.8 Å². The summed E-state index contributed by atoms with van der Waals surface area (Å²) in [5.41, 5.74) is 2.25. The minimum absolute atomic E-state index is 0.0719. The second-order valence-electron chi connectivity index (χ2n) is 8.37. The van der Waals surface area contributed by atoms with Gasteiger partial charge in [0.15, 0.2) is 10.9 Å². The number of thioether (sulfide) groups is 1. The lowest BCUT2D eigenvalue weighted by Crippen LogP contribution is -2.23. The summed E-state index contributed by atoms with van der Waals surface area (Å²) in [7, 11) is 0. The normalized spacial score (nSPS) is 13.4. The number of carbonyl (C=O) groups is 1. The van der Waals surface area contributed by atoms with Crippen molar-refractivity contribution in [3.63, 3.8) is 0 Å². The molecule has 2 aromatic carbocycles. The van der Waals surface area contributed by atoms with Gasteiger partial charge in [0.25, 0.3) is 5.56 Å². The predicted molar refractivity (Wildman–Crippen MR) is 149 cm³/mol. The summed E-state index contributed by atoms with van der Waals surface area (Å²) in [6.45, 7) is 0. The molecule has 3 aromatic heterocycles. The third-order valence-electron chi connectivity index (χ3n) is 6.26. The number of aryl methyl sites for hydroxylation is 2. The summed E-state index contributed by atoms with van der Waals surface area (Å²) >= 11 is 16.3. The molecular formula is C26H18Cl2N2O2S3. The average molecular weight is 558 g/mol. The van der Waals surface area contributed by atoms with E-state index in [0.29, 0.717) is 19.4 Å². The number of benzene rings is 2. The molecule has 1 aliphatic rings. The van der Waals surface area contributed by atoms with Crippen LogP contribution < -0.4 is 5.56 Å². The van der Waals surface area contributed by atoms with E-state index in [1.165, 1.54) is 28.0 Å². The zero-order valence-electron chi connectivity index (χ0n) is 18.3. The summed E-state index contributed by atoms with van der Waals surface area (Å²) in [6.07, 6.45) is 4.12. The highest BCUT2D eigenvalue weighted by Gasteiger charge is 2.24. The molecule has 0 spiro atoms. The molecule has 0 fully saturated rings. The van der Waals surface area contributed by atoms with Crippen LogP contribution in [0.25, 0.3) is 26.7 Å². The van der Waals surface area contributed by atoms with Gasteiger partial charge in [0.05, 0.1) is 21.2 Å². The SMILES string of the molecule is O=C(CSc1nc2sc3c(c2c(=O)n1-c1cccc2ccccc12)CCCC3)c1cc(Cl)sc1Cl. The molecule has 4 nitrogen and oxygen atoms in total. The Kier molecular flexibility index (Phi) is 6.23. The summed E-state index contributed by atoms with van der Waals surface area (Å²) < 4.78 is 2.54. The van der Waals surface area contributed by atoms with Crippen LogP contribution in [0, 0.1) is 0 Å². The van der Waals surface area contributed by atoms with E-state index in [1.54, 1.807) is 22.0 Å². The fourth-order valence-electron chi connectivity index (χ4n) is 4.64. The third-order valence-corrected chi connectivity index (χ3v) is 9.87. The Morgan fingerprint density at radius 3 is 2.69 bits per heavy atom. The minimum Gasteiger partial charge on any atom is -0.293 e. The first-order valence-electron chi connectivity index (χ1n) is 11.2. The van der Waals surface area contributed by atoms with Crippen molar-refractivity contribution in [1.82, 2.24) is 9.55 Å². The maximum Gasteiger partial charge on any atom is 0.267 e. The number of aromatic nitrogens is 2. The monoisotopic (exact) mass is 556 g/mol. The van der Waals surface area contributed by atoms with Crippen molar-refractivity contribution in [3.05, 3.63) is 83.6 Å². The van der Waals surface area contributed by atoms with Crippen LogP contribution in [0.2, 0.25) is 8.67 Å². The van der Waals surface area contributed by atoms with Gasteiger partial charge in [-0.25, -0.2) is 4.98 Å². The Morgan fingerprint density at radius 1 is 1.06 bits per heavy atom. The number of fused-ring (bicyclic) bond motifs is 4. The molecule has 6 rings (SSSR count). The van der Waals surface area contributed by atoms with E-state index in [2.05, 4.69) is 0 Å². The lowest BCUT2D eigenvalue weighted by atomic mass is 9.97. The number of rotatable bonds is 5. The summed E-state index contributed by atoms with van der Waals surface area (Å²) in [6, 6.07) is 15.5. The Morgan fingerprint density at radius 2 is 1.86 bits per heavy atom. The molecule has 35 heavy (non-hydrogen) atoms. The minimum atomic E-state index is -0.146. The zero-order chi connectivity index (χ0) is 24.1. The second kappa shape index (κ2) is 9.37. The molecule has 0 unspecified atom stereocenters. The molecule has 176 valence electrons. The Hall–Kier alpha value is -2.16. The molecule has 3 heterocycles. The molecule has 1 aliphatic carbocycles. The van der Waals surface area contributed by atoms with Gasteiger partial charge in [0.1, 0.15) is 9.17 Å². The van der Waals surface area contributed by atoms with E-state index in [9.17, 15) is 9.59 Å². The van der Waals surface area contributed by atoms with Crippen LogP contribution in [0.15, 0.2) is 58.5 Å². The van der Waals surface area contributed by atoms with E-state index >= 15 is 0 Å². The van der Waals surface area contributed by atoms with Crippen molar-refractivity contribution < 1.29 is 4.79 Å². The van der Waals surface area contributed by atoms with Crippen molar-refractivity contribution in [2.24, 2.45) is 0 Å². The fourth-order valence-corrected chi connectivity index (χ4v) is 8.33. The molecule has 0 N–H and O–H groups in total. The fraction of sp³-hybridized carbons (Fsp3) is 0.192. The van der Waals surface area contributed by atoms with Crippen LogP contribution in [0.4, 0.5) is 0 Å². The standard InChI is InChI=1S/C26H18Cl2N2O2S3/c27-21-12-17(23(28)35-21)19(31)13-33-26-29-24-22(16-9-3-4-11-20(16)34-24)25(32)30(26)18-10-5-7-14-6-1-2-8-15(14)18/h1-2,5-8,10,12H,3-4,9,11,13H2. The van der Waals surface area contributed by atoms with E-state index in [1.807, 2.05) is 42.5 Å². The van der Waals surface area contributed by atoms with Crippen LogP contribution in [-0.4, -0.2) is 21.1 Å². The number of ketones is 1. The van der Waals surface area contributed by atoms with E-state index in [0.717, 1.165) is 57.9 Å². The van der Waals surface area contributed by atoms with Gasteiger partial charge in [0, 0.05) is 15.8 Å². The molecule has 9 heteroatoms. The molecule has 0 aliphatic heterocycles. The maximum atomic E-state index is 14.1. The van der Waals surface area contributed by atoms with Crippen LogP contribution in [0.5, 0.6) is 0 Å². The molecule has 0 bridgehead atoms. The van der Waals surface area contributed by atoms with Crippen molar-refractivity contribution >= 4 is 84.4 Å². The molecule has 0 amide bonds. The lowest BCUT2D eigenvalue weighted by molar-refractivity contribution is 0.102. The van der Waals surface area contributed by atoms with Gasteiger partial charge in [-0.15, -0.1) is 22.7 Å². The van der Waals surface area contributed by atoms with Gasteiger partial charge in [-0.05, 0) is 48.8 Å². The highest BCUT2D eigenvalue weighted by atomic mass is 35.5. The van der Waals surface area contributed by atoms with Gasteiger partial charge in [0.2, 0.25) is 0 Å². The smallest absolute Gasteiger partial charge is 0.267 e. The predicted octanol–water partition coefficient (Wildman–Crippen LogP) is 7.82. The topological polar surface area (TPSA) is 52.0 Å². The first-order valence-corrected chi connectivity index (χ1v) is 14.5. The van der Waals surface area contributed by atoms with Crippen LogP contribution >= 0.6 is 57.6 Å². The van der Waals surface area contributed by atoms with E-state index in [4.69, 9.17) is 28.2 Å². The third kappa shape index (κ3) is 4.13. The van der Waals surface area contributed by atoms with Crippen molar-refractivity contribution in [2.75, 3.05) is 5.75 Å². The first kappa shape index (κ1) is 23.3. The lowest BCUT2D eigenvalue weighted by Gasteiger charge is -2.15. The van der Waals surface area contributed by atoms with E-state index in [-0.39, 0.29) is 17.1 Å². The molecule has 0 atom stereocenters.